The second-order valence-corrected chi connectivity index (χ2v) is 7.47. The molecule has 0 bridgehead atoms. The van der Waals surface area contributed by atoms with Crippen LogP contribution in [0.3, 0.4) is 0 Å². The molecule has 0 atom stereocenters. The zero-order valence-electron chi connectivity index (χ0n) is 17.1. The van der Waals surface area contributed by atoms with Crippen molar-refractivity contribution in [2.24, 2.45) is 0 Å². The maximum atomic E-state index is 12.3. The predicted molar refractivity (Wildman–Crippen MR) is 115 cm³/mol. The molecule has 5 heteroatoms. The molecule has 0 aliphatic carbocycles. The van der Waals surface area contributed by atoms with Gasteiger partial charge in [0, 0.05) is 43.6 Å². The Morgan fingerprint density at radius 2 is 1.64 bits per heavy atom. The minimum Gasteiger partial charge on any atom is -0.494 e. The van der Waals surface area contributed by atoms with E-state index in [-0.39, 0.29) is 5.91 Å². The SMILES string of the molecule is CCOc1ccc(CC(=O)Nc2ccc(N3CCN(C(C)C)CC3)cc2)cc1. The number of hydrogen-bond donors (Lipinski definition) is 1. The Hall–Kier alpha value is -2.53. The van der Waals surface area contributed by atoms with Crippen molar-refractivity contribution in [2.45, 2.75) is 33.2 Å². The highest BCUT2D eigenvalue weighted by atomic mass is 16.5. The zero-order valence-corrected chi connectivity index (χ0v) is 17.1. The van der Waals surface area contributed by atoms with Gasteiger partial charge in [-0.3, -0.25) is 9.69 Å². The lowest BCUT2D eigenvalue weighted by Gasteiger charge is -2.38. The molecule has 150 valence electrons. The molecule has 0 aromatic heterocycles. The maximum absolute atomic E-state index is 12.3. The van der Waals surface area contributed by atoms with Crippen molar-refractivity contribution in [3.8, 4) is 5.75 Å². The Labute approximate surface area is 168 Å². The molecule has 1 heterocycles. The third kappa shape index (κ3) is 5.49. The Bertz CT molecular complexity index is 748. The van der Waals surface area contributed by atoms with Crippen LogP contribution in [0.15, 0.2) is 48.5 Å². The van der Waals surface area contributed by atoms with Crippen molar-refractivity contribution >= 4 is 17.3 Å². The number of carbonyl (C=O) groups is 1. The summed E-state index contributed by atoms with van der Waals surface area (Å²) in [5, 5.41) is 2.99. The van der Waals surface area contributed by atoms with Crippen LogP contribution in [0.1, 0.15) is 26.3 Å². The minimum atomic E-state index is -0.0116. The van der Waals surface area contributed by atoms with Crippen molar-refractivity contribution in [1.29, 1.82) is 0 Å². The summed E-state index contributed by atoms with van der Waals surface area (Å²) in [5.74, 6) is 0.818. The van der Waals surface area contributed by atoms with Gasteiger partial charge in [-0.25, -0.2) is 0 Å². The summed E-state index contributed by atoms with van der Waals surface area (Å²) in [6.07, 6.45) is 0.352. The van der Waals surface area contributed by atoms with Gasteiger partial charge >= 0.3 is 0 Å². The predicted octanol–water partition coefficient (Wildman–Crippen LogP) is 3.80. The van der Waals surface area contributed by atoms with Gasteiger partial charge in [0.25, 0.3) is 0 Å². The van der Waals surface area contributed by atoms with Gasteiger partial charge in [-0.2, -0.15) is 0 Å². The lowest BCUT2D eigenvalue weighted by atomic mass is 10.1. The summed E-state index contributed by atoms with van der Waals surface area (Å²) in [6.45, 7) is 11.4. The van der Waals surface area contributed by atoms with Crippen LogP contribution in [-0.2, 0) is 11.2 Å². The fraction of sp³-hybridized carbons (Fsp3) is 0.435. The van der Waals surface area contributed by atoms with Crippen LogP contribution < -0.4 is 15.0 Å². The number of benzene rings is 2. The number of hydrogen-bond acceptors (Lipinski definition) is 4. The standard InChI is InChI=1S/C23H31N3O2/c1-4-28-22-11-5-19(6-12-22)17-23(27)24-20-7-9-21(10-8-20)26-15-13-25(14-16-26)18(2)3/h5-12,18H,4,13-17H2,1-3H3,(H,24,27). The van der Waals surface area contributed by atoms with Gasteiger partial charge in [0.1, 0.15) is 5.75 Å². The largest absolute Gasteiger partial charge is 0.494 e. The molecule has 3 rings (SSSR count). The van der Waals surface area contributed by atoms with E-state index < -0.39 is 0 Å². The van der Waals surface area contributed by atoms with E-state index >= 15 is 0 Å². The molecule has 1 saturated heterocycles. The van der Waals surface area contributed by atoms with Gasteiger partial charge in [-0.05, 0) is 62.7 Å². The van der Waals surface area contributed by atoms with Crippen LogP contribution >= 0.6 is 0 Å². The lowest BCUT2D eigenvalue weighted by Crippen LogP contribution is -2.48. The molecule has 0 radical (unpaired) electrons. The number of nitrogens with zero attached hydrogens (tertiary/aromatic N) is 2. The van der Waals surface area contributed by atoms with E-state index in [1.165, 1.54) is 5.69 Å². The highest BCUT2D eigenvalue weighted by Gasteiger charge is 2.18. The molecule has 1 amide bonds. The molecule has 2 aromatic rings. The smallest absolute Gasteiger partial charge is 0.228 e. The van der Waals surface area contributed by atoms with Crippen molar-refractivity contribution in [2.75, 3.05) is 43.0 Å². The first-order valence-corrected chi connectivity index (χ1v) is 10.2. The van der Waals surface area contributed by atoms with E-state index in [0.717, 1.165) is 43.2 Å². The molecule has 1 N–H and O–H groups in total. The Morgan fingerprint density at radius 3 is 2.21 bits per heavy atom. The molecule has 1 aliphatic rings. The highest BCUT2D eigenvalue weighted by Crippen LogP contribution is 2.20. The van der Waals surface area contributed by atoms with Crippen molar-refractivity contribution < 1.29 is 9.53 Å². The van der Waals surface area contributed by atoms with Crippen LogP contribution in [0.5, 0.6) is 5.75 Å². The number of amides is 1. The van der Waals surface area contributed by atoms with E-state index in [1.54, 1.807) is 0 Å². The molecule has 0 saturated carbocycles. The molecule has 0 spiro atoms. The first kappa shape index (κ1) is 20.2. The van der Waals surface area contributed by atoms with E-state index in [2.05, 4.69) is 41.1 Å². The third-order valence-electron chi connectivity index (χ3n) is 5.16. The van der Waals surface area contributed by atoms with Crippen LogP contribution in [0.2, 0.25) is 0 Å². The molecule has 1 fully saturated rings. The second-order valence-electron chi connectivity index (χ2n) is 7.47. The summed E-state index contributed by atoms with van der Waals surface area (Å²) in [5.41, 5.74) is 3.02. The summed E-state index contributed by atoms with van der Waals surface area (Å²) in [7, 11) is 0. The fourth-order valence-electron chi connectivity index (χ4n) is 3.51. The molecule has 2 aromatic carbocycles. The van der Waals surface area contributed by atoms with E-state index in [9.17, 15) is 4.79 Å². The molecular formula is C23H31N3O2. The molecule has 1 aliphatic heterocycles. The number of ether oxygens (including phenoxy) is 1. The number of rotatable bonds is 7. The van der Waals surface area contributed by atoms with Gasteiger partial charge in [0.05, 0.1) is 13.0 Å². The summed E-state index contributed by atoms with van der Waals surface area (Å²) in [6, 6.07) is 16.4. The Morgan fingerprint density at radius 1 is 1.00 bits per heavy atom. The van der Waals surface area contributed by atoms with Crippen LogP contribution in [-0.4, -0.2) is 49.6 Å². The first-order valence-electron chi connectivity index (χ1n) is 10.2. The fourth-order valence-corrected chi connectivity index (χ4v) is 3.51. The number of anilines is 2. The highest BCUT2D eigenvalue weighted by molar-refractivity contribution is 5.92. The van der Waals surface area contributed by atoms with Crippen LogP contribution in [0.25, 0.3) is 0 Å². The van der Waals surface area contributed by atoms with Gasteiger partial charge in [0.2, 0.25) is 5.91 Å². The summed E-state index contributed by atoms with van der Waals surface area (Å²) >= 11 is 0. The third-order valence-corrected chi connectivity index (χ3v) is 5.16. The summed E-state index contributed by atoms with van der Waals surface area (Å²) in [4.78, 5) is 17.2. The molecular weight excluding hydrogens is 350 g/mol. The Balaban J connectivity index is 1.50. The minimum absolute atomic E-state index is 0.0116. The monoisotopic (exact) mass is 381 g/mol. The van der Waals surface area contributed by atoms with Gasteiger partial charge in [0.15, 0.2) is 0 Å². The summed E-state index contributed by atoms with van der Waals surface area (Å²) < 4.78 is 5.43. The normalized spacial score (nSPS) is 14.9. The molecule has 28 heavy (non-hydrogen) atoms. The van der Waals surface area contributed by atoms with E-state index in [4.69, 9.17) is 4.74 Å². The molecule has 0 unspecified atom stereocenters. The van der Waals surface area contributed by atoms with Crippen molar-refractivity contribution in [3.63, 3.8) is 0 Å². The van der Waals surface area contributed by atoms with Crippen LogP contribution in [0, 0.1) is 0 Å². The second kappa shape index (κ2) is 9.60. The quantitative estimate of drug-likeness (QED) is 0.792. The van der Waals surface area contributed by atoms with Crippen LogP contribution in [0.4, 0.5) is 11.4 Å². The zero-order chi connectivity index (χ0) is 19.9. The average Bonchev–Trinajstić information content (AvgIpc) is 2.70. The Kier molecular flexibility index (Phi) is 6.93. The van der Waals surface area contributed by atoms with Gasteiger partial charge in [-0.1, -0.05) is 12.1 Å². The number of piperazine rings is 1. The number of carbonyl (C=O) groups excluding carboxylic acids is 1. The maximum Gasteiger partial charge on any atom is 0.228 e. The van der Waals surface area contributed by atoms with Crippen molar-refractivity contribution in [3.05, 3.63) is 54.1 Å². The first-order chi connectivity index (χ1) is 13.5. The number of nitrogens with one attached hydrogen (secondary N) is 1. The van der Waals surface area contributed by atoms with E-state index in [0.29, 0.717) is 19.1 Å². The lowest BCUT2D eigenvalue weighted by molar-refractivity contribution is -0.115. The average molecular weight is 382 g/mol. The van der Waals surface area contributed by atoms with Crippen molar-refractivity contribution in [1.82, 2.24) is 4.90 Å². The van der Waals surface area contributed by atoms with E-state index in [1.807, 2.05) is 43.3 Å². The molecule has 5 nitrogen and oxygen atoms in total. The van der Waals surface area contributed by atoms with Gasteiger partial charge < -0.3 is 15.0 Å². The topological polar surface area (TPSA) is 44.8 Å². The van der Waals surface area contributed by atoms with Gasteiger partial charge in [-0.15, -0.1) is 0 Å².